The normalized spacial score (nSPS) is 19.7. The maximum absolute atomic E-state index is 14.1. The minimum Gasteiger partial charge on any atom is -0.403 e. The number of hydrogen-bond donors (Lipinski definition) is 3. The average Bonchev–Trinajstić information content (AvgIpc) is 3.41. The van der Waals surface area contributed by atoms with E-state index >= 15 is 0 Å². The van der Waals surface area contributed by atoms with Gasteiger partial charge < -0.3 is 16.4 Å². The average molecular weight is 370 g/mol. The Hall–Kier alpha value is -2.83. The van der Waals surface area contributed by atoms with Crippen molar-refractivity contribution in [3.05, 3.63) is 54.4 Å². The van der Waals surface area contributed by atoms with Crippen molar-refractivity contribution < 1.29 is 4.39 Å². The van der Waals surface area contributed by atoms with Crippen molar-refractivity contribution in [3.8, 4) is 0 Å². The van der Waals surface area contributed by atoms with Crippen LogP contribution in [0.2, 0.25) is 0 Å². The maximum atomic E-state index is 14.1. The molecule has 1 saturated carbocycles. The number of benzene rings is 1. The number of nitrogens with zero attached hydrogens (tertiary/aromatic N) is 3. The molecule has 0 aromatic heterocycles. The first-order chi connectivity index (χ1) is 13.0. The molecule has 1 aliphatic carbocycles. The van der Waals surface area contributed by atoms with E-state index in [0.29, 0.717) is 41.5 Å². The summed E-state index contributed by atoms with van der Waals surface area (Å²) >= 11 is 0. The fourth-order valence-electron chi connectivity index (χ4n) is 2.76. The lowest BCUT2D eigenvalue weighted by atomic mass is 10.2. The van der Waals surface area contributed by atoms with Crippen LogP contribution in [0.25, 0.3) is 0 Å². The highest BCUT2D eigenvalue weighted by molar-refractivity contribution is 6.18. The number of halogens is 1. The molecule has 7 heteroatoms. The zero-order valence-corrected chi connectivity index (χ0v) is 15.9. The molecular formula is C20H27FN6. The molecule has 2 aliphatic rings. The van der Waals surface area contributed by atoms with Gasteiger partial charge in [-0.25, -0.2) is 14.4 Å². The van der Waals surface area contributed by atoms with Crippen LogP contribution < -0.4 is 16.4 Å². The van der Waals surface area contributed by atoms with Gasteiger partial charge in [-0.05, 0) is 36.8 Å². The second-order valence-electron chi connectivity index (χ2n) is 7.30. The second-order valence-corrected chi connectivity index (χ2v) is 7.30. The Labute approximate surface area is 159 Å². The lowest BCUT2D eigenvalue weighted by Gasteiger charge is -2.24. The van der Waals surface area contributed by atoms with Gasteiger partial charge in [0, 0.05) is 19.3 Å². The molecule has 1 heterocycles. The van der Waals surface area contributed by atoms with Gasteiger partial charge in [0.2, 0.25) is 5.96 Å². The third-order valence-electron chi connectivity index (χ3n) is 4.33. The number of hydrogen-bond acceptors (Lipinski definition) is 5. The summed E-state index contributed by atoms with van der Waals surface area (Å²) in [7, 11) is 0. The largest absolute Gasteiger partial charge is 0.403 e. The van der Waals surface area contributed by atoms with Crippen molar-refractivity contribution in [1.82, 2.24) is 10.2 Å². The summed E-state index contributed by atoms with van der Waals surface area (Å²) in [6, 6.07) is 6.49. The van der Waals surface area contributed by atoms with Crippen molar-refractivity contribution >= 4 is 17.5 Å². The molecule has 1 fully saturated rings. The minimum atomic E-state index is -0.344. The summed E-state index contributed by atoms with van der Waals surface area (Å²) in [4.78, 5) is 11.1. The Morgan fingerprint density at radius 3 is 2.81 bits per heavy atom. The Kier molecular flexibility index (Phi) is 5.78. The van der Waals surface area contributed by atoms with Crippen molar-refractivity contribution in [2.45, 2.75) is 26.7 Å². The highest BCUT2D eigenvalue weighted by atomic mass is 19.1. The lowest BCUT2D eigenvalue weighted by Crippen LogP contribution is -2.39. The van der Waals surface area contributed by atoms with Crippen LogP contribution in [0.5, 0.6) is 0 Å². The van der Waals surface area contributed by atoms with E-state index in [1.165, 1.54) is 25.1 Å². The second kappa shape index (κ2) is 8.24. The first kappa shape index (κ1) is 18.9. The van der Waals surface area contributed by atoms with E-state index in [1.54, 1.807) is 18.2 Å². The molecule has 1 aromatic carbocycles. The smallest absolute Gasteiger partial charge is 0.209 e. The molecule has 4 N–H and O–H groups in total. The molecule has 1 aliphatic heterocycles. The fourth-order valence-corrected chi connectivity index (χ4v) is 2.76. The summed E-state index contributed by atoms with van der Waals surface area (Å²) < 4.78 is 14.1. The zero-order chi connectivity index (χ0) is 19.4. The predicted molar refractivity (Wildman–Crippen MR) is 109 cm³/mol. The lowest BCUT2D eigenvalue weighted by molar-refractivity contribution is 0.494. The molecule has 0 atom stereocenters. The van der Waals surface area contributed by atoms with Crippen molar-refractivity contribution in [2.75, 3.05) is 18.4 Å². The predicted octanol–water partition coefficient (Wildman–Crippen LogP) is 3.23. The van der Waals surface area contributed by atoms with Gasteiger partial charge in [0.15, 0.2) is 5.84 Å². The summed E-state index contributed by atoms with van der Waals surface area (Å²) in [5.74, 6) is 2.40. The number of amidine groups is 1. The molecular weight excluding hydrogens is 343 g/mol. The molecule has 0 bridgehead atoms. The van der Waals surface area contributed by atoms with E-state index in [-0.39, 0.29) is 5.82 Å². The third-order valence-corrected chi connectivity index (χ3v) is 4.33. The van der Waals surface area contributed by atoms with Crippen LogP contribution in [-0.2, 0) is 0 Å². The molecule has 0 spiro atoms. The monoisotopic (exact) mass is 370 g/mol. The third kappa shape index (κ3) is 4.87. The van der Waals surface area contributed by atoms with Crippen LogP contribution in [0.4, 0.5) is 10.1 Å². The van der Waals surface area contributed by atoms with Crippen LogP contribution in [-0.4, -0.2) is 29.8 Å². The number of aliphatic imine (C=N–C) groups is 2. The van der Waals surface area contributed by atoms with Crippen LogP contribution in [0.3, 0.4) is 0 Å². The van der Waals surface area contributed by atoms with E-state index in [1.807, 2.05) is 4.90 Å². The summed E-state index contributed by atoms with van der Waals surface area (Å²) in [5.41, 5.74) is 6.67. The quantitative estimate of drug-likeness (QED) is 0.689. The fraction of sp³-hybridized carbons (Fsp3) is 0.400. The van der Waals surface area contributed by atoms with Crippen molar-refractivity contribution in [2.24, 2.45) is 27.6 Å². The topological polar surface area (TPSA) is 78.0 Å². The Morgan fingerprint density at radius 1 is 1.44 bits per heavy atom. The Bertz CT molecular complexity index is 791. The molecule has 0 amide bonds. The van der Waals surface area contributed by atoms with Crippen LogP contribution in [0.15, 0.2) is 58.5 Å². The highest BCUT2D eigenvalue weighted by Crippen LogP contribution is 2.28. The van der Waals surface area contributed by atoms with Gasteiger partial charge in [0.25, 0.3) is 0 Å². The molecule has 0 radical (unpaired) electrons. The van der Waals surface area contributed by atoms with Crippen LogP contribution in [0, 0.1) is 17.7 Å². The first-order valence-electron chi connectivity index (χ1n) is 9.29. The van der Waals surface area contributed by atoms with E-state index in [9.17, 15) is 4.39 Å². The summed E-state index contributed by atoms with van der Waals surface area (Å²) in [6.45, 7) is 9.74. The summed E-state index contributed by atoms with van der Waals surface area (Å²) in [5, 5.41) is 6.32. The maximum Gasteiger partial charge on any atom is 0.209 e. The molecule has 6 nitrogen and oxygen atoms in total. The SMILES string of the molecule is C=C(/N=C1\C(=C/N)N=C(Nc2ccccc2F)N1CC(C)C)NCC1CC1. The molecule has 3 rings (SSSR count). The van der Waals surface area contributed by atoms with Gasteiger partial charge in [-0.2, -0.15) is 0 Å². The standard InChI is InChI=1S/C20H27FN6/c1-13(2)12-27-19(24-14(3)23-11-15-8-9-15)18(10-22)26-20(27)25-17-7-5-4-6-16(17)21/h4-7,10,13,15,23H,3,8-9,11-12,22H2,1-2H3,(H,25,26)/b18-10+,24-19+. The molecule has 27 heavy (non-hydrogen) atoms. The van der Waals surface area contributed by atoms with Gasteiger partial charge >= 0.3 is 0 Å². The van der Waals surface area contributed by atoms with E-state index in [4.69, 9.17) is 5.73 Å². The van der Waals surface area contributed by atoms with Gasteiger partial charge in [0.1, 0.15) is 17.3 Å². The molecule has 144 valence electrons. The molecule has 0 saturated heterocycles. The van der Waals surface area contributed by atoms with Gasteiger partial charge in [-0.1, -0.05) is 32.6 Å². The van der Waals surface area contributed by atoms with E-state index in [0.717, 1.165) is 12.5 Å². The number of rotatable bonds is 7. The van der Waals surface area contributed by atoms with Crippen molar-refractivity contribution in [1.29, 1.82) is 0 Å². The van der Waals surface area contributed by atoms with E-state index in [2.05, 4.69) is 41.0 Å². The van der Waals surface area contributed by atoms with Crippen LogP contribution >= 0.6 is 0 Å². The number of nitrogens with one attached hydrogen (secondary N) is 2. The number of para-hydroxylation sites is 1. The summed E-state index contributed by atoms with van der Waals surface area (Å²) in [6.07, 6.45) is 3.92. The highest BCUT2D eigenvalue weighted by Gasteiger charge is 2.30. The molecule has 0 unspecified atom stereocenters. The minimum absolute atomic E-state index is 0.340. The Morgan fingerprint density at radius 2 is 2.19 bits per heavy atom. The number of anilines is 1. The molecule has 1 aromatic rings. The van der Waals surface area contributed by atoms with Crippen molar-refractivity contribution in [3.63, 3.8) is 0 Å². The van der Waals surface area contributed by atoms with Gasteiger partial charge in [-0.15, -0.1) is 0 Å². The number of nitrogens with two attached hydrogens (primary N) is 1. The van der Waals surface area contributed by atoms with E-state index < -0.39 is 0 Å². The van der Waals surface area contributed by atoms with Gasteiger partial charge in [-0.3, -0.25) is 4.90 Å². The first-order valence-corrected chi connectivity index (χ1v) is 9.29. The Balaban J connectivity index is 1.83. The zero-order valence-electron chi connectivity index (χ0n) is 15.9. The van der Waals surface area contributed by atoms with Gasteiger partial charge in [0.05, 0.1) is 5.69 Å². The van der Waals surface area contributed by atoms with Crippen LogP contribution in [0.1, 0.15) is 26.7 Å². The number of guanidine groups is 1.